The number of amides is 1. The van der Waals surface area contributed by atoms with Gasteiger partial charge in [-0.3, -0.25) is 4.79 Å². The summed E-state index contributed by atoms with van der Waals surface area (Å²) in [4.78, 5) is 16.6. The Labute approximate surface area is 157 Å². The molecular formula is C21H22FN3O2. The second-order valence-corrected chi connectivity index (χ2v) is 7.36. The van der Waals surface area contributed by atoms with Crippen LogP contribution in [-0.2, 0) is 16.6 Å². The van der Waals surface area contributed by atoms with E-state index in [-0.39, 0.29) is 23.6 Å². The summed E-state index contributed by atoms with van der Waals surface area (Å²) in [7, 11) is 0. The molecule has 1 amide bonds. The molecule has 5 nitrogen and oxygen atoms in total. The van der Waals surface area contributed by atoms with Crippen molar-refractivity contribution in [3.05, 3.63) is 65.8 Å². The van der Waals surface area contributed by atoms with E-state index < -0.39 is 0 Å². The second kappa shape index (κ2) is 7.70. The largest absolute Gasteiger partial charge is 0.339 e. The number of nitrogens with one attached hydrogen (secondary N) is 1. The van der Waals surface area contributed by atoms with Gasteiger partial charge in [0, 0.05) is 24.1 Å². The van der Waals surface area contributed by atoms with E-state index in [1.54, 1.807) is 12.1 Å². The second-order valence-electron chi connectivity index (χ2n) is 7.36. The lowest BCUT2D eigenvalue weighted by atomic mass is 9.86. The van der Waals surface area contributed by atoms with E-state index in [1.165, 1.54) is 12.1 Å². The number of anilines is 1. The molecule has 0 aliphatic heterocycles. The number of halogens is 1. The maximum absolute atomic E-state index is 13.0. The van der Waals surface area contributed by atoms with Crippen molar-refractivity contribution in [2.45, 2.75) is 39.0 Å². The first-order valence-electron chi connectivity index (χ1n) is 8.81. The van der Waals surface area contributed by atoms with Crippen molar-refractivity contribution in [2.24, 2.45) is 0 Å². The summed E-state index contributed by atoms with van der Waals surface area (Å²) < 4.78 is 18.2. The van der Waals surface area contributed by atoms with E-state index in [2.05, 4.69) is 36.2 Å². The predicted octanol–water partition coefficient (Wildman–Crippen LogP) is 4.74. The molecule has 6 heteroatoms. The summed E-state index contributed by atoms with van der Waals surface area (Å²) in [6, 6.07) is 13.6. The van der Waals surface area contributed by atoms with Crippen LogP contribution in [0, 0.1) is 5.82 Å². The Bertz CT molecular complexity index is 927. The van der Waals surface area contributed by atoms with Crippen molar-refractivity contribution in [3.8, 4) is 11.4 Å². The number of hydrogen-bond donors (Lipinski definition) is 1. The molecule has 0 fully saturated rings. The van der Waals surface area contributed by atoms with E-state index in [4.69, 9.17) is 4.52 Å². The van der Waals surface area contributed by atoms with E-state index in [9.17, 15) is 9.18 Å². The van der Waals surface area contributed by atoms with Crippen molar-refractivity contribution in [1.29, 1.82) is 0 Å². The number of carbonyl (C=O) groups excluding carboxylic acids is 1. The lowest BCUT2D eigenvalue weighted by Crippen LogP contribution is -2.18. The molecule has 0 saturated heterocycles. The van der Waals surface area contributed by atoms with Crippen molar-refractivity contribution >= 4 is 11.6 Å². The molecule has 0 aliphatic rings. The molecule has 140 valence electrons. The van der Waals surface area contributed by atoms with Crippen LogP contribution in [0.3, 0.4) is 0 Å². The molecule has 0 aliphatic carbocycles. The average molecular weight is 367 g/mol. The molecule has 0 bridgehead atoms. The smallest absolute Gasteiger partial charge is 0.227 e. The van der Waals surface area contributed by atoms with Gasteiger partial charge >= 0.3 is 0 Å². The Morgan fingerprint density at radius 3 is 2.52 bits per heavy atom. The molecule has 0 saturated carbocycles. The minimum atomic E-state index is -0.324. The molecule has 1 aromatic heterocycles. The Kier molecular flexibility index (Phi) is 5.35. The Balaban J connectivity index is 1.61. The fourth-order valence-corrected chi connectivity index (χ4v) is 2.75. The number of rotatable bonds is 5. The highest BCUT2D eigenvalue weighted by molar-refractivity contribution is 5.91. The molecule has 3 aromatic rings. The monoisotopic (exact) mass is 367 g/mol. The topological polar surface area (TPSA) is 68.0 Å². The Morgan fingerprint density at radius 1 is 1.11 bits per heavy atom. The first-order valence-corrected chi connectivity index (χ1v) is 8.81. The van der Waals surface area contributed by atoms with Crippen LogP contribution in [0.4, 0.5) is 10.1 Å². The summed E-state index contributed by atoms with van der Waals surface area (Å²) in [6.07, 6.45) is 0.557. The van der Waals surface area contributed by atoms with E-state index >= 15 is 0 Å². The number of hydrogen-bond acceptors (Lipinski definition) is 4. The summed E-state index contributed by atoms with van der Waals surface area (Å²) in [5.74, 6) is 0.306. The maximum Gasteiger partial charge on any atom is 0.227 e. The van der Waals surface area contributed by atoms with Crippen molar-refractivity contribution < 1.29 is 13.7 Å². The van der Waals surface area contributed by atoms with Gasteiger partial charge in [-0.05, 0) is 41.3 Å². The van der Waals surface area contributed by atoms with Crippen molar-refractivity contribution in [3.63, 3.8) is 0 Å². The van der Waals surface area contributed by atoms with Crippen LogP contribution in [0.5, 0.6) is 0 Å². The first kappa shape index (κ1) is 18.8. The van der Waals surface area contributed by atoms with Crippen LogP contribution in [0.15, 0.2) is 53.1 Å². The number of aromatic nitrogens is 2. The molecule has 2 aromatic carbocycles. The summed E-state index contributed by atoms with van der Waals surface area (Å²) in [5.41, 5.74) is 2.48. The van der Waals surface area contributed by atoms with E-state index in [0.29, 0.717) is 23.7 Å². The number of para-hydroxylation sites is 1. The van der Waals surface area contributed by atoms with Crippen molar-refractivity contribution in [1.82, 2.24) is 10.1 Å². The van der Waals surface area contributed by atoms with Crippen LogP contribution >= 0.6 is 0 Å². The number of benzene rings is 2. The molecule has 0 radical (unpaired) electrons. The first-order chi connectivity index (χ1) is 12.8. The Hall–Kier alpha value is -3.02. The normalized spacial score (nSPS) is 11.4. The molecule has 0 atom stereocenters. The standard InChI is InChI=1S/C21H22FN3O2/c1-21(2,3)16-6-4-5-7-17(16)23-18(26)12-13-19-24-20(25-27-19)14-8-10-15(22)11-9-14/h4-11H,12-13H2,1-3H3,(H,23,26). The molecule has 1 N–H and O–H groups in total. The van der Waals surface area contributed by atoms with Gasteiger partial charge in [-0.15, -0.1) is 0 Å². The predicted molar refractivity (Wildman–Crippen MR) is 102 cm³/mol. The quantitative estimate of drug-likeness (QED) is 0.707. The van der Waals surface area contributed by atoms with Gasteiger partial charge < -0.3 is 9.84 Å². The zero-order valence-electron chi connectivity index (χ0n) is 15.6. The highest BCUT2D eigenvalue weighted by Gasteiger charge is 2.19. The van der Waals surface area contributed by atoms with Gasteiger partial charge in [-0.1, -0.05) is 44.1 Å². The van der Waals surface area contributed by atoms with Gasteiger partial charge in [0.05, 0.1) is 0 Å². The van der Waals surface area contributed by atoms with Crippen molar-refractivity contribution in [2.75, 3.05) is 5.32 Å². The number of nitrogens with zero attached hydrogens (tertiary/aromatic N) is 2. The average Bonchev–Trinajstić information content (AvgIpc) is 3.09. The molecule has 0 unspecified atom stereocenters. The van der Waals surface area contributed by atoms with Gasteiger partial charge in [0.1, 0.15) is 5.82 Å². The molecule has 0 spiro atoms. The maximum atomic E-state index is 13.0. The van der Waals surface area contributed by atoms with Gasteiger partial charge in [0.2, 0.25) is 17.6 Å². The van der Waals surface area contributed by atoms with E-state index in [0.717, 1.165) is 11.3 Å². The number of aryl methyl sites for hydroxylation is 1. The third-order valence-corrected chi connectivity index (χ3v) is 4.15. The summed E-state index contributed by atoms with van der Waals surface area (Å²) >= 11 is 0. The Morgan fingerprint density at radius 2 is 1.81 bits per heavy atom. The lowest BCUT2D eigenvalue weighted by molar-refractivity contribution is -0.116. The highest BCUT2D eigenvalue weighted by atomic mass is 19.1. The summed E-state index contributed by atoms with van der Waals surface area (Å²) in [6.45, 7) is 6.31. The van der Waals surface area contributed by atoms with Gasteiger partial charge in [0.25, 0.3) is 0 Å². The highest BCUT2D eigenvalue weighted by Crippen LogP contribution is 2.29. The van der Waals surface area contributed by atoms with Crippen LogP contribution in [-0.4, -0.2) is 16.0 Å². The molecule has 27 heavy (non-hydrogen) atoms. The third-order valence-electron chi connectivity index (χ3n) is 4.15. The zero-order chi connectivity index (χ0) is 19.4. The minimum absolute atomic E-state index is 0.0690. The fourth-order valence-electron chi connectivity index (χ4n) is 2.75. The molecular weight excluding hydrogens is 345 g/mol. The third kappa shape index (κ3) is 4.78. The van der Waals surface area contributed by atoms with Crippen LogP contribution < -0.4 is 5.32 Å². The van der Waals surface area contributed by atoms with E-state index in [1.807, 2.05) is 24.3 Å². The van der Waals surface area contributed by atoms with Crippen LogP contribution in [0.25, 0.3) is 11.4 Å². The van der Waals surface area contributed by atoms with Crippen LogP contribution in [0.2, 0.25) is 0 Å². The molecule has 3 rings (SSSR count). The van der Waals surface area contributed by atoms with Gasteiger partial charge in [-0.2, -0.15) is 4.98 Å². The zero-order valence-corrected chi connectivity index (χ0v) is 15.6. The minimum Gasteiger partial charge on any atom is -0.339 e. The van der Waals surface area contributed by atoms with Gasteiger partial charge in [0.15, 0.2) is 0 Å². The summed E-state index contributed by atoms with van der Waals surface area (Å²) in [5, 5.41) is 6.85. The van der Waals surface area contributed by atoms with Gasteiger partial charge in [-0.25, -0.2) is 4.39 Å². The molecule has 1 heterocycles. The lowest BCUT2D eigenvalue weighted by Gasteiger charge is -2.22. The number of carbonyl (C=O) groups is 1. The fraction of sp³-hybridized carbons (Fsp3) is 0.286. The van der Waals surface area contributed by atoms with Crippen LogP contribution in [0.1, 0.15) is 38.6 Å². The SMILES string of the molecule is CC(C)(C)c1ccccc1NC(=O)CCc1nc(-c2ccc(F)cc2)no1.